The molecule has 0 unspecified atom stereocenters. The van der Waals surface area contributed by atoms with Crippen LogP contribution in [-0.4, -0.2) is 24.8 Å². The zero-order chi connectivity index (χ0) is 14.0. The fourth-order valence-corrected chi connectivity index (χ4v) is 2.75. The number of aliphatic hydroxyl groups excluding tert-OH is 1. The Labute approximate surface area is 110 Å². The van der Waals surface area contributed by atoms with Gasteiger partial charge in [0, 0.05) is 6.61 Å². The smallest absolute Gasteiger partial charge is 0.449 e. The van der Waals surface area contributed by atoms with Crippen LogP contribution in [0.4, 0.5) is 12.9 Å². The Balaban J connectivity index is 1.83. The second kappa shape index (κ2) is 5.55. The lowest BCUT2D eigenvalue weighted by molar-refractivity contribution is 0.0942. The average molecular weight is 273 g/mol. The lowest BCUT2D eigenvalue weighted by atomic mass is 9.80. The first kappa shape index (κ1) is 14.4. The van der Waals surface area contributed by atoms with Crippen LogP contribution in [-0.2, 0) is 11.3 Å². The number of aliphatic hydroxyl groups is 1. The molecule has 106 valence electrons. The molecule has 0 bridgehead atoms. The predicted octanol–water partition coefficient (Wildman–Crippen LogP) is 3.05. The molecule has 1 fully saturated rings. The molecular weight excluding hydrogens is 256 g/mol. The van der Waals surface area contributed by atoms with Crippen molar-refractivity contribution in [3.8, 4) is 0 Å². The summed E-state index contributed by atoms with van der Waals surface area (Å²) in [6.07, 6.45) is -0.932. The summed E-state index contributed by atoms with van der Waals surface area (Å²) in [6, 6.07) is 9.32. The molecule has 4 atom stereocenters. The maximum atomic E-state index is 12.7. The highest BCUT2D eigenvalue weighted by Gasteiger charge is 2.60. The van der Waals surface area contributed by atoms with Crippen LogP contribution in [0.15, 0.2) is 30.3 Å². The van der Waals surface area contributed by atoms with Gasteiger partial charge in [0.2, 0.25) is 0 Å². The van der Waals surface area contributed by atoms with Crippen molar-refractivity contribution >= 4 is 6.98 Å². The number of ether oxygens (including phenoxy) is 1. The van der Waals surface area contributed by atoms with Crippen molar-refractivity contribution in [3.63, 3.8) is 0 Å². The Bertz CT molecular complexity index is 408. The van der Waals surface area contributed by atoms with Crippen molar-refractivity contribution in [2.24, 2.45) is 11.8 Å². The standard InChI is InChI=1S/C13H17BF3O2/c1-9(18)12-11(13(12)14(15,16)17)8-19-7-10-5-3-2-4-6-10/h2-6,9,11-13,18H,7-8H2,1H3/q-1/t9-,11-,12+,13-/m0/s1. The molecule has 0 aromatic heterocycles. The molecule has 0 heterocycles. The number of rotatable bonds is 6. The third-order valence-corrected chi connectivity index (χ3v) is 3.71. The second-order valence-electron chi connectivity index (χ2n) is 5.19. The third kappa shape index (κ3) is 3.51. The van der Waals surface area contributed by atoms with Crippen molar-refractivity contribution in [1.29, 1.82) is 0 Å². The van der Waals surface area contributed by atoms with Gasteiger partial charge >= 0.3 is 6.98 Å². The Kier molecular flexibility index (Phi) is 4.21. The maximum absolute atomic E-state index is 12.7. The van der Waals surface area contributed by atoms with Gasteiger partial charge in [-0.3, -0.25) is 0 Å². The van der Waals surface area contributed by atoms with E-state index in [0.717, 1.165) is 5.56 Å². The molecule has 2 nitrogen and oxygen atoms in total. The van der Waals surface area contributed by atoms with Gasteiger partial charge in [0.25, 0.3) is 0 Å². The number of benzene rings is 1. The Morgan fingerprint density at radius 2 is 1.89 bits per heavy atom. The van der Waals surface area contributed by atoms with Crippen molar-refractivity contribution in [2.75, 3.05) is 6.61 Å². The summed E-state index contributed by atoms with van der Waals surface area (Å²) in [5, 5.41) is 9.37. The maximum Gasteiger partial charge on any atom is 0.482 e. The van der Waals surface area contributed by atoms with Gasteiger partial charge in [-0.2, -0.15) is 0 Å². The number of hydrogen-bond donors (Lipinski definition) is 1. The van der Waals surface area contributed by atoms with Gasteiger partial charge < -0.3 is 22.8 Å². The summed E-state index contributed by atoms with van der Waals surface area (Å²) in [4.78, 5) is 0. The summed E-state index contributed by atoms with van der Waals surface area (Å²) in [5.41, 5.74) is 0.936. The molecule has 1 N–H and O–H groups in total. The van der Waals surface area contributed by atoms with Gasteiger partial charge in [-0.05, 0) is 24.3 Å². The van der Waals surface area contributed by atoms with Gasteiger partial charge in [-0.25, -0.2) is 0 Å². The van der Waals surface area contributed by atoms with Crippen LogP contribution in [0, 0.1) is 11.8 Å². The quantitative estimate of drug-likeness (QED) is 0.807. The molecule has 0 spiro atoms. The Hall–Kier alpha value is -1.01. The van der Waals surface area contributed by atoms with Crippen LogP contribution in [0.3, 0.4) is 0 Å². The fourth-order valence-electron chi connectivity index (χ4n) is 2.75. The second-order valence-corrected chi connectivity index (χ2v) is 5.19. The molecule has 1 aliphatic rings. The first-order valence-electron chi connectivity index (χ1n) is 6.41. The normalized spacial score (nSPS) is 28.2. The zero-order valence-electron chi connectivity index (χ0n) is 10.7. The summed E-state index contributed by atoms with van der Waals surface area (Å²) >= 11 is 0. The highest BCUT2D eigenvalue weighted by atomic mass is 19.4. The van der Waals surface area contributed by atoms with Crippen LogP contribution in [0.25, 0.3) is 0 Å². The lowest BCUT2D eigenvalue weighted by Gasteiger charge is -2.14. The molecule has 0 radical (unpaired) electrons. The van der Waals surface area contributed by atoms with Crippen LogP contribution in [0.2, 0.25) is 5.82 Å². The molecule has 1 aliphatic carbocycles. The summed E-state index contributed by atoms with van der Waals surface area (Å²) in [5.74, 6) is -2.66. The molecule has 0 amide bonds. The Morgan fingerprint density at radius 3 is 2.37 bits per heavy atom. The van der Waals surface area contributed by atoms with E-state index in [4.69, 9.17) is 4.74 Å². The van der Waals surface area contributed by atoms with Crippen molar-refractivity contribution in [1.82, 2.24) is 0 Å². The minimum absolute atomic E-state index is 0.0520. The third-order valence-electron chi connectivity index (χ3n) is 3.71. The first-order chi connectivity index (χ1) is 8.91. The van der Waals surface area contributed by atoms with E-state index in [2.05, 4.69) is 0 Å². The fraction of sp³-hybridized carbons (Fsp3) is 0.538. The van der Waals surface area contributed by atoms with Gasteiger partial charge in [-0.15, -0.1) is 0 Å². The molecule has 1 aromatic carbocycles. The van der Waals surface area contributed by atoms with E-state index in [0.29, 0.717) is 6.61 Å². The molecule has 19 heavy (non-hydrogen) atoms. The van der Waals surface area contributed by atoms with Crippen LogP contribution >= 0.6 is 0 Å². The van der Waals surface area contributed by atoms with E-state index < -0.39 is 30.7 Å². The van der Waals surface area contributed by atoms with Gasteiger partial charge in [0.15, 0.2) is 0 Å². The van der Waals surface area contributed by atoms with Crippen LogP contribution < -0.4 is 0 Å². The Morgan fingerprint density at radius 1 is 1.26 bits per heavy atom. The summed E-state index contributed by atoms with van der Waals surface area (Å²) in [7, 11) is 0. The highest BCUT2D eigenvalue weighted by Crippen LogP contribution is 2.60. The van der Waals surface area contributed by atoms with E-state index in [-0.39, 0.29) is 6.61 Å². The van der Waals surface area contributed by atoms with E-state index in [1.54, 1.807) is 0 Å². The van der Waals surface area contributed by atoms with Crippen molar-refractivity contribution < 1.29 is 22.8 Å². The van der Waals surface area contributed by atoms with Gasteiger partial charge in [0.1, 0.15) is 0 Å². The number of hydrogen-bond acceptors (Lipinski definition) is 2. The van der Waals surface area contributed by atoms with Crippen LogP contribution in [0.5, 0.6) is 0 Å². The van der Waals surface area contributed by atoms with E-state index in [1.807, 2.05) is 30.3 Å². The molecule has 0 saturated heterocycles. The average Bonchev–Trinajstić information content (AvgIpc) is 3.05. The SMILES string of the molecule is C[C@H](O)[C@@H]1[C@H](COCc2ccccc2)[C@@H]1[B-](F)(F)F. The minimum Gasteiger partial charge on any atom is -0.449 e. The molecule has 1 saturated carbocycles. The highest BCUT2D eigenvalue weighted by molar-refractivity contribution is 6.61. The topological polar surface area (TPSA) is 29.5 Å². The van der Waals surface area contributed by atoms with E-state index in [9.17, 15) is 18.1 Å². The first-order valence-corrected chi connectivity index (χ1v) is 6.41. The predicted molar refractivity (Wildman–Crippen MR) is 67.6 cm³/mol. The van der Waals surface area contributed by atoms with Gasteiger partial charge in [0.05, 0.1) is 12.7 Å². The van der Waals surface area contributed by atoms with Crippen LogP contribution in [0.1, 0.15) is 12.5 Å². The molecule has 1 aromatic rings. The summed E-state index contributed by atoms with van der Waals surface area (Å²) < 4.78 is 43.6. The molecule has 2 rings (SSSR count). The monoisotopic (exact) mass is 273 g/mol. The largest absolute Gasteiger partial charge is 0.482 e. The van der Waals surface area contributed by atoms with Crippen molar-refractivity contribution in [3.05, 3.63) is 35.9 Å². The molecular formula is C13H17BF3O2-. The lowest BCUT2D eigenvalue weighted by Crippen LogP contribution is -2.19. The van der Waals surface area contributed by atoms with Gasteiger partial charge in [-0.1, -0.05) is 36.1 Å². The minimum atomic E-state index is -4.89. The zero-order valence-corrected chi connectivity index (χ0v) is 10.7. The van der Waals surface area contributed by atoms with E-state index >= 15 is 0 Å². The van der Waals surface area contributed by atoms with E-state index in [1.165, 1.54) is 6.92 Å². The summed E-state index contributed by atoms with van der Waals surface area (Å²) in [6.45, 7) is -3.12. The number of halogens is 3. The molecule has 0 aliphatic heterocycles. The molecule has 6 heteroatoms. The van der Waals surface area contributed by atoms with Crippen molar-refractivity contribution in [2.45, 2.75) is 25.5 Å².